The third-order valence-corrected chi connectivity index (χ3v) is 5.43. The minimum Gasteiger partial charge on any atom is -0.423 e. The normalized spacial score (nSPS) is 31.9. The maximum absolute atomic E-state index is 5.34. The van der Waals surface area contributed by atoms with Crippen molar-refractivity contribution in [3.8, 4) is 11.5 Å². The van der Waals surface area contributed by atoms with Crippen LogP contribution in [0.3, 0.4) is 0 Å². The minimum atomic E-state index is 0.250. The van der Waals surface area contributed by atoms with Gasteiger partial charge in [-0.3, -0.25) is 0 Å². The minimum absolute atomic E-state index is 0.250. The molecule has 0 radical (unpaired) electrons. The summed E-state index contributed by atoms with van der Waals surface area (Å²) in [5.41, 5.74) is 4.22. The Hall–Kier alpha value is -1.68. The van der Waals surface area contributed by atoms with Crippen LogP contribution in [0.5, 0.6) is 0 Å². The third kappa shape index (κ3) is 1.57. The van der Waals surface area contributed by atoms with E-state index in [1.807, 2.05) is 0 Å². The Morgan fingerprint density at radius 1 is 1.40 bits per heavy atom. The molecule has 2 bridgehead atoms. The van der Waals surface area contributed by atoms with Crippen molar-refractivity contribution in [1.29, 1.82) is 0 Å². The molecule has 0 amide bonds. The van der Waals surface area contributed by atoms with Gasteiger partial charge in [0, 0.05) is 11.6 Å². The topological polar surface area (TPSA) is 51.0 Å². The van der Waals surface area contributed by atoms with E-state index in [0.29, 0.717) is 17.9 Å². The van der Waals surface area contributed by atoms with Gasteiger partial charge in [-0.15, -0.1) is 10.2 Å². The van der Waals surface area contributed by atoms with Crippen LogP contribution in [0, 0.1) is 5.92 Å². The van der Waals surface area contributed by atoms with Gasteiger partial charge in [0.1, 0.15) is 0 Å². The second-order valence-corrected chi connectivity index (χ2v) is 6.34. The zero-order chi connectivity index (χ0) is 13.7. The molecular weight excluding hydrogens is 250 g/mol. The van der Waals surface area contributed by atoms with E-state index in [0.717, 1.165) is 18.5 Å². The number of nitrogens with zero attached hydrogens (tertiary/aromatic N) is 2. The summed E-state index contributed by atoms with van der Waals surface area (Å²) < 4.78 is 5.34. The lowest BCUT2D eigenvalue weighted by molar-refractivity contribution is 0.158. The first kappa shape index (κ1) is 12.1. The van der Waals surface area contributed by atoms with Crippen molar-refractivity contribution in [3.63, 3.8) is 0 Å². The van der Waals surface area contributed by atoms with E-state index in [1.165, 1.54) is 23.9 Å². The van der Waals surface area contributed by atoms with Crippen molar-refractivity contribution >= 4 is 0 Å². The van der Waals surface area contributed by atoms with Crippen LogP contribution in [0.15, 0.2) is 29.0 Å². The fourth-order valence-electron chi connectivity index (χ4n) is 3.95. The number of aromatic nitrogens is 2. The van der Waals surface area contributed by atoms with Crippen molar-refractivity contribution < 1.29 is 4.42 Å². The van der Waals surface area contributed by atoms with Gasteiger partial charge in [0.15, 0.2) is 0 Å². The van der Waals surface area contributed by atoms with Crippen LogP contribution in [-0.4, -0.2) is 22.8 Å². The summed E-state index contributed by atoms with van der Waals surface area (Å²) in [7, 11) is 0. The molecule has 0 spiro atoms. The number of hydrogen-bond donors (Lipinski definition) is 1. The van der Waals surface area contributed by atoms with E-state index >= 15 is 0 Å². The summed E-state index contributed by atoms with van der Waals surface area (Å²) in [6, 6.07) is 7.21. The number of hydrogen-bond acceptors (Lipinski definition) is 4. The van der Waals surface area contributed by atoms with Crippen molar-refractivity contribution in [2.45, 2.75) is 38.1 Å². The molecule has 2 heterocycles. The summed E-state index contributed by atoms with van der Waals surface area (Å²) in [6.07, 6.45) is 3.70. The van der Waals surface area contributed by atoms with Crippen LogP contribution < -0.4 is 5.32 Å². The predicted molar refractivity (Wildman–Crippen MR) is 76.4 cm³/mol. The van der Waals surface area contributed by atoms with Crippen LogP contribution in [-0.2, 0) is 11.8 Å². The lowest BCUT2D eigenvalue weighted by Crippen LogP contribution is -2.56. The fourth-order valence-corrected chi connectivity index (χ4v) is 3.95. The van der Waals surface area contributed by atoms with Crippen LogP contribution in [0.2, 0.25) is 0 Å². The van der Waals surface area contributed by atoms with Crippen molar-refractivity contribution in [2.75, 3.05) is 6.54 Å². The van der Waals surface area contributed by atoms with E-state index in [2.05, 4.69) is 47.6 Å². The van der Waals surface area contributed by atoms with Gasteiger partial charge in [0.2, 0.25) is 12.3 Å². The molecule has 1 saturated heterocycles. The Morgan fingerprint density at radius 3 is 3.10 bits per heavy atom. The summed E-state index contributed by atoms with van der Waals surface area (Å²) in [5.74, 6) is 1.27. The Kier molecular flexibility index (Phi) is 2.51. The van der Waals surface area contributed by atoms with Crippen LogP contribution in [0.1, 0.15) is 31.4 Å². The highest BCUT2D eigenvalue weighted by molar-refractivity contribution is 5.58. The van der Waals surface area contributed by atoms with Gasteiger partial charge in [0.05, 0.1) is 0 Å². The molecule has 1 fully saturated rings. The van der Waals surface area contributed by atoms with Gasteiger partial charge in [-0.25, -0.2) is 0 Å². The fraction of sp³-hybridized carbons (Fsp3) is 0.500. The van der Waals surface area contributed by atoms with Crippen molar-refractivity contribution in [1.82, 2.24) is 15.5 Å². The summed E-state index contributed by atoms with van der Waals surface area (Å²) in [4.78, 5) is 0. The summed E-state index contributed by atoms with van der Waals surface area (Å²) in [6.45, 7) is 5.88. The Balaban J connectivity index is 1.86. The van der Waals surface area contributed by atoms with Crippen molar-refractivity contribution in [3.05, 3.63) is 35.7 Å². The van der Waals surface area contributed by atoms with Crippen LogP contribution in [0.4, 0.5) is 0 Å². The Morgan fingerprint density at radius 2 is 2.30 bits per heavy atom. The molecule has 4 nitrogen and oxygen atoms in total. The third-order valence-electron chi connectivity index (χ3n) is 5.43. The van der Waals surface area contributed by atoms with Crippen LogP contribution in [0.25, 0.3) is 11.5 Å². The lowest BCUT2D eigenvalue weighted by atomic mass is 9.59. The largest absolute Gasteiger partial charge is 0.423 e. The van der Waals surface area contributed by atoms with Gasteiger partial charge in [-0.05, 0) is 54.0 Å². The number of rotatable bonds is 1. The second kappa shape index (κ2) is 4.16. The van der Waals surface area contributed by atoms with E-state index < -0.39 is 0 Å². The van der Waals surface area contributed by atoms with Crippen LogP contribution >= 0.6 is 0 Å². The molecule has 0 saturated carbocycles. The number of benzene rings is 1. The number of piperidine rings is 1. The molecule has 1 aromatic heterocycles. The molecule has 0 unspecified atom stereocenters. The highest BCUT2D eigenvalue weighted by Crippen LogP contribution is 2.46. The molecule has 1 aliphatic heterocycles. The smallest absolute Gasteiger partial charge is 0.247 e. The number of fused-ring (bicyclic) bond motifs is 4. The number of nitrogens with one attached hydrogen (secondary N) is 1. The molecule has 4 heteroatoms. The summed E-state index contributed by atoms with van der Waals surface area (Å²) >= 11 is 0. The second-order valence-electron chi connectivity index (χ2n) is 6.34. The van der Waals surface area contributed by atoms with Gasteiger partial charge < -0.3 is 9.73 Å². The average molecular weight is 269 g/mol. The standard InChI is InChI=1S/C16H19N3O/c1-10-14-8-11-3-4-12(15-19-18-9-20-15)7-13(11)16(10,2)5-6-17-14/h3-4,7,9-10,14,17H,5-6,8H2,1-2H3/t10-,14-,16-/m1/s1. The lowest BCUT2D eigenvalue weighted by Gasteiger charge is -2.50. The first-order valence-electron chi connectivity index (χ1n) is 7.32. The zero-order valence-corrected chi connectivity index (χ0v) is 11.9. The SMILES string of the molecule is C[C@@H]1[C@H]2Cc3ccc(-c4nnco4)cc3[C@]1(C)CCN2. The Bertz CT molecular complexity index is 637. The highest BCUT2D eigenvalue weighted by Gasteiger charge is 2.45. The Labute approximate surface area is 118 Å². The maximum atomic E-state index is 5.34. The molecule has 2 aliphatic rings. The highest BCUT2D eigenvalue weighted by atomic mass is 16.4. The molecule has 2 aromatic rings. The van der Waals surface area contributed by atoms with Gasteiger partial charge >= 0.3 is 0 Å². The first-order chi connectivity index (χ1) is 9.68. The van der Waals surface area contributed by atoms with E-state index in [1.54, 1.807) is 0 Å². The molecule has 1 aromatic carbocycles. The van der Waals surface area contributed by atoms with E-state index in [9.17, 15) is 0 Å². The molecule has 20 heavy (non-hydrogen) atoms. The van der Waals surface area contributed by atoms with E-state index in [-0.39, 0.29) is 5.41 Å². The monoisotopic (exact) mass is 269 g/mol. The van der Waals surface area contributed by atoms with E-state index in [4.69, 9.17) is 4.42 Å². The zero-order valence-electron chi connectivity index (χ0n) is 11.9. The van der Waals surface area contributed by atoms with Gasteiger partial charge in [-0.1, -0.05) is 19.9 Å². The van der Waals surface area contributed by atoms with Crippen molar-refractivity contribution in [2.24, 2.45) is 5.92 Å². The molecule has 1 aliphatic carbocycles. The predicted octanol–water partition coefficient (Wildman–Crippen LogP) is 2.55. The summed E-state index contributed by atoms with van der Waals surface area (Å²) in [5, 5.41) is 11.5. The van der Waals surface area contributed by atoms with Gasteiger partial charge in [0.25, 0.3) is 0 Å². The molecule has 1 N–H and O–H groups in total. The first-order valence-corrected chi connectivity index (χ1v) is 7.32. The molecule has 4 rings (SSSR count). The average Bonchev–Trinajstić information content (AvgIpc) is 2.96. The quantitative estimate of drug-likeness (QED) is 0.864. The molecular formula is C16H19N3O. The van der Waals surface area contributed by atoms with Gasteiger partial charge in [-0.2, -0.15) is 0 Å². The molecule has 104 valence electrons. The maximum Gasteiger partial charge on any atom is 0.247 e. The molecule has 3 atom stereocenters.